The van der Waals surface area contributed by atoms with Crippen LogP contribution in [0, 0.1) is 12.9 Å². The molecule has 2 heterocycles. The predicted molar refractivity (Wildman–Crippen MR) is 308 cm³/mol. The van der Waals surface area contributed by atoms with Gasteiger partial charge in [-0.05, 0) is 121 Å². The van der Waals surface area contributed by atoms with Crippen molar-refractivity contribution in [1.29, 1.82) is 0 Å². The molecule has 4 nitrogen and oxygen atoms in total. The van der Waals surface area contributed by atoms with Crippen LogP contribution in [0.3, 0.4) is 0 Å². The number of fused-ring (bicyclic) bond motifs is 1. The van der Waals surface area contributed by atoms with E-state index in [0.717, 1.165) is 89.1 Å². The normalized spacial score (nSPS) is 13.0. The number of phenols is 1. The molecule has 0 spiro atoms. The number of aryl methyl sites for hydroxylation is 1. The van der Waals surface area contributed by atoms with Gasteiger partial charge >= 0.3 is 0 Å². The summed E-state index contributed by atoms with van der Waals surface area (Å²) >= 11 is 0. The number of imidazole rings is 1. The number of phenolic OH excluding ortho intramolecular Hbond substituents is 1. The van der Waals surface area contributed by atoms with Crippen molar-refractivity contribution in [2.24, 2.45) is 0 Å². The Hall–Kier alpha value is -7.13. The van der Waals surface area contributed by atoms with Crippen LogP contribution in [-0.4, -0.2) is 19.6 Å². The van der Waals surface area contributed by atoms with E-state index in [1.807, 2.05) is 103 Å². The molecule has 0 aliphatic carbocycles. The average Bonchev–Trinajstić information content (AvgIpc) is 4.00. The van der Waals surface area contributed by atoms with Gasteiger partial charge in [0.25, 0.3) is 0 Å². The Morgan fingerprint density at radius 1 is 0.568 bits per heavy atom. The van der Waals surface area contributed by atoms with Gasteiger partial charge in [0.2, 0.25) is 0 Å². The van der Waals surface area contributed by atoms with Crippen molar-refractivity contribution in [3.63, 3.8) is 0 Å². The van der Waals surface area contributed by atoms with Crippen LogP contribution in [0.2, 0.25) is 0 Å². The van der Waals surface area contributed by atoms with Gasteiger partial charge in [0.15, 0.2) is 0 Å². The van der Waals surface area contributed by atoms with Gasteiger partial charge in [-0.25, -0.2) is 4.98 Å². The molecule has 0 bridgehead atoms. The molecule has 0 atom stereocenters. The van der Waals surface area contributed by atoms with Crippen LogP contribution in [0.4, 0.5) is 0 Å². The van der Waals surface area contributed by atoms with Gasteiger partial charge in [-0.15, -0.1) is 23.8 Å². The number of aromatic nitrogens is 3. The Morgan fingerprint density at radius 2 is 1.18 bits per heavy atom. The fraction of sp³-hybridized carbons (Fsp3) is 0.217. The van der Waals surface area contributed by atoms with E-state index in [1.165, 1.54) is 0 Å². The van der Waals surface area contributed by atoms with E-state index >= 15 is 0 Å². The van der Waals surface area contributed by atoms with Crippen molar-refractivity contribution in [2.45, 2.75) is 98.7 Å². The summed E-state index contributed by atoms with van der Waals surface area (Å²) in [6.07, 6.45) is 1.85. The first-order chi connectivity index (χ1) is 36.5. The summed E-state index contributed by atoms with van der Waals surface area (Å²) in [7, 11) is 0. The third-order valence-electron chi connectivity index (χ3n) is 14.1. The Balaban J connectivity index is 0.00000740. The summed E-state index contributed by atoms with van der Waals surface area (Å²) in [4.78, 5) is 10.5. The van der Waals surface area contributed by atoms with E-state index in [4.69, 9.17) is 9.97 Å². The third kappa shape index (κ3) is 10.1. The third-order valence-corrected chi connectivity index (χ3v) is 14.1. The second kappa shape index (κ2) is 20.6. The minimum Gasteiger partial charge on any atom is -0.507 e. The van der Waals surface area contributed by atoms with Crippen LogP contribution in [0.1, 0.15) is 114 Å². The molecule has 0 radical (unpaired) electrons. The molecular weight excluding hydrogens is 1080 g/mol. The van der Waals surface area contributed by atoms with Crippen LogP contribution in [0.5, 0.6) is 5.75 Å². The number of para-hydroxylation sites is 1. The van der Waals surface area contributed by atoms with Gasteiger partial charge in [0.1, 0.15) is 11.6 Å². The van der Waals surface area contributed by atoms with Crippen molar-refractivity contribution in [3.05, 3.63) is 216 Å². The maximum atomic E-state index is 12.7. The molecule has 374 valence electrons. The topological polar surface area (TPSA) is 50.9 Å². The first-order valence-corrected chi connectivity index (χ1v) is 25.4. The summed E-state index contributed by atoms with van der Waals surface area (Å²) in [5, 5.41) is 12.7. The number of nitrogens with zero attached hydrogens (tertiary/aromatic N) is 3. The predicted octanol–water partition coefficient (Wildman–Crippen LogP) is 18.7. The summed E-state index contributed by atoms with van der Waals surface area (Å²) in [6.45, 7) is 18.1. The van der Waals surface area contributed by atoms with Crippen LogP contribution in [-0.2, 0) is 31.9 Å². The molecule has 10 rings (SSSR count). The molecule has 0 amide bonds. The van der Waals surface area contributed by atoms with E-state index < -0.39 is 18.2 Å². The van der Waals surface area contributed by atoms with Crippen molar-refractivity contribution >= 4 is 11.0 Å². The van der Waals surface area contributed by atoms with Crippen LogP contribution in [0.15, 0.2) is 182 Å². The van der Waals surface area contributed by atoms with E-state index in [0.29, 0.717) is 28.1 Å². The Labute approximate surface area is 459 Å². The van der Waals surface area contributed by atoms with E-state index in [2.05, 4.69) is 152 Å². The smallest absolute Gasteiger partial charge is 0.148 e. The van der Waals surface area contributed by atoms with Gasteiger partial charge in [-0.3, -0.25) is 9.55 Å². The van der Waals surface area contributed by atoms with Gasteiger partial charge < -0.3 is 5.11 Å². The maximum Gasteiger partial charge on any atom is 0.148 e. The zero-order valence-electron chi connectivity index (χ0n) is 48.0. The molecule has 0 fully saturated rings. The van der Waals surface area contributed by atoms with E-state index in [1.54, 1.807) is 6.07 Å². The van der Waals surface area contributed by atoms with Crippen molar-refractivity contribution in [1.82, 2.24) is 14.5 Å². The van der Waals surface area contributed by atoms with Gasteiger partial charge in [0, 0.05) is 44.0 Å². The van der Waals surface area contributed by atoms with Crippen molar-refractivity contribution < 1.29 is 31.7 Å². The quantitative estimate of drug-likeness (QED) is 0.139. The van der Waals surface area contributed by atoms with E-state index in [9.17, 15) is 10.6 Å². The van der Waals surface area contributed by atoms with E-state index in [-0.39, 0.29) is 43.7 Å². The molecule has 0 saturated heterocycles. The SMILES string of the molecule is [2H]C([2H])([2H])c1cc(-c2c(C(C)C)cccc2C([2H])(C)C)ccc1-n1c(-c2cc(C(C)(C)C)cc(C(C)(C)C)c2O)nc2c(-c3[c-]c(-c4cc(-c5ccc(-c6ccccc6)cc5)ccn4)cc(-c4ccccc4)c3)cccc21.[Pt]. The second-order valence-corrected chi connectivity index (χ2v) is 22.0. The Kier molecular flexibility index (Phi) is 13.0. The number of rotatable bonds is 10. The first-order valence-electron chi connectivity index (χ1n) is 27.4. The standard InChI is InChI=1S/C69H66N3O.Pt/c1-43(2)56-24-18-25-57(44(3)4)64(56)51-32-33-62(45(5)36-51)72-63-27-19-26-58(65(63)71-67(72)59-41-55(68(6,7)8)42-60(66(59)73)69(9,10)11)53-37-52(47-22-16-13-17-23-47)38-54(39-53)61-40-50(34-35-70-61)49-30-28-48(29-31-49)46-20-14-12-15-21-46;/h12-38,40-44,73H,1-11H3;/q-1;/i5D3,43D;. The number of aromatic hydroxyl groups is 1. The summed E-state index contributed by atoms with van der Waals surface area (Å²) in [6, 6.07) is 63.2. The Bertz CT molecular complexity index is 3820. The zero-order chi connectivity index (χ0) is 54.8. The largest absolute Gasteiger partial charge is 0.507 e. The molecule has 5 heteroatoms. The average molecular weight is 1150 g/mol. The van der Waals surface area contributed by atoms with Gasteiger partial charge in [0.05, 0.1) is 22.3 Å². The van der Waals surface area contributed by atoms with Crippen molar-refractivity contribution in [2.75, 3.05) is 0 Å². The maximum absolute atomic E-state index is 12.7. The van der Waals surface area contributed by atoms with Gasteiger partial charge in [-0.2, -0.15) is 0 Å². The number of hydrogen-bond donors (Lipinski definition) is 1. The van der Waals surface area contributed by atoms with Crippen LogP contribution in [0.25, 0.3) is 95.0 Å². The van der Waals surface area contributed by atoms with Crippen molar-refractivity contribution in [3.8, 4) is 89.7 Å². The Morgan fingerprint density at radius 3 is 1.81 bits per heavy atom. The second-order valence-electron chi connectivity index (χ2n) is 22.0. The van der Waals surface area contributed by atoms with Crippen LogP contribution >= 0.6 is 0 Å². The number of pyridine rings is 1. The molecule has 0 aliphatic rings. The molecule has 0 saturated carbocycles. The first kappa shape index (κ1) is 46.6. The number of hydrogen-bond acceptors (Lipinski definition) is 3. The molecule has 0 unspecified atom stereocenters. The van der Waals surface area contributed by atoms with Gasteiger partial charge in [-0.1, -0.05) is 219 Å². The molecular formula is C69H66N3OPt-. The zero-order valence-corrected chi connectivity index (χ0v) is 46.3. The minimum absolute atomic E-state index is 0. The summed E-state index contributed by atoms with van der Waals surface area (Å²) < 4.78 is 38.9. The minimum atomic E-state index is -2.59. The molecule has 8 aromatic carbocycles. The summed E-state index contributed by atoms with van der Waals surface area (Å²) in [5.41, 5.74) is 16.2. The molecule has 10 aromatic rings. The monoisotopic (exact) mass is 1150 g/mol. The fourth-order valence-corrected chi connectivity index (χ4v) is 10.1. The molecule has 1 N–H and O–H groups in total. The molecule has 0 aliphatic heterocycles. The fourth-order valence-electron chi connectivity index (χ4n) is 10.1. The molecule has 74 heavy (non-hydrogen) atoms. The molecule has 2 aromatic heterocycles. The number of benzene rings is 8. The summed E-state index contributed by atoms with van der Waals surface area (Å²) in [5.74, 6) is -0.366. The van der Waals surface area contributed by atoms with Crippen LogP contribution < -0.4 is 0 Å².